The maximum atomic E-state index is 10.5. The summed E-state index contributed by atoms with van der Waals surface area (Å²) in [5.74, 6) is -0.993. The summed E-state index contributed by atoms with van der Waals surface area (Å²) >= 11 is 1.30. The van der Waals surface area contributed by atoms with Crippen LogP contribution in [0.2, 0.25) is 0 Å². The van der Waals surface area contributed by atoms with Gasteiger partial charge >= 0.3 is 5.97 Å². The number of aromatic carboxylic acids is 1. The zero-order valence-electron chi connectivity index (χ0n) is 7.48. The third-order valence-corrected chi connectivity index (χ3v) is 2.13. The fourth-order valence-electron chi connectivity index (χ4n) is 0.713. The molecule has 13 heavy (non-hydrogen) atoms. The van der Waals surface area contributed by atoms with Crippen molar-refractivity contribution in [3.8, 4) is 0 Å². The maximum Gasteiger partial charge on any atom is 0.355 e. The molecule has 0 amide bonds. The van der Waals surface area contributed by atoms with Gasteiger partial charge in [-0.3, -0.25) is 0 Å². The van der Waals surface area contributed by atoms with Crippen LogP contribution in [-0.2, 0) is 11.3 Å². The Morgan fingerprint density at radius 1 is 1.77 bits per heavy atom. The molecule has 0 aliphatic rings. The summed E-state index contributed by atoms with van der Waals surface area (Å²) in [6.07, 6.45) is 0.136. The van der Waals surface area contributed by atoms with Gasteiger partial charge in [0, 0.05) is 5.38 Å². The van der Waals surface area contributed by atoms with E-state index in [2.05, 4.69) is 4.98 Å². The van der Waals surface area contributed by atoms with E-state index in [0.29, 0.717) is 11.6 Å². The number of carboxylic acids is 1. The Kier molecular flexibility index (Phi) is 3.39. The van der Waals surface area contributed by atoms with Gasteiger partial charge in [0.25, 0.3) is 0 Å². The first kappa shape index (κ1) is 10.1. The first-order valence-electron chi connectivity index (χ1n) is 3.89. The second kappa shape index (κ2) is 4.34. The summed E-state index contributed by atoms with van der Waals surface area (Å²) in [5.41, 5.74) is 0.0901. The van der Waals surface area contributed by atoms with Gasteiger partial charge in [0.15, 0.2) is 5.69 Å². The van der Waals surface area contributed by atoms with Crippen molar-refractivity contribution < 1.29 is 14.6 Å². The smallest absolute Gasteiger partial charge is 0.355 e. The molecule has 0 fully saturated rings. The summed E-state index contributed by atoms with van der Waals surface area (Å²) in [5, 5.41) is 10.8. The summed E-state index contributed by atoms with van der Waals surface area (Å²) in [6, 6.07) is 0. The van der Waals surface area contributed by atoms with Crippen molar-refractivity contribution in [2.45, 2.75) is 26.6 Å². The number of rotatable bonds is 4. The minimum Gasteiger partial charge on any atom is -0.476 e. The van der Waals surface area contributed by atoms with E-state index in [1.54, 1.807) is 0 Å². The number of aromatic nitrogens is 1. The normalized spacial score (nSPS) is 10.7. The quantitative estimate of drug-likeness (QED) is 0.806. The standard InChI is InChI=1S/C8H11NO3S/c1-5(2)12-3-7-9-6(4-13-7)8(10)11/h4-5H,3H2,1-2H3,(H,10,11). The van der Waals surface area contributed by atoms with Crippen LogP contribution < -0.4 is 0 Å². The van der Waals surface area contributed by atoms with Crippen LogP contribution in [0.4, 0.5) is 0 Å². The van der Waals surface area contributed by atoms with Gasteiger partial charge in [-0.25, -0.2) is 9.78 Å². The van der Waals surface area contributed by atoms with Gasteiger partial charge < -0.3 is 9.84 Å². The molecule has 72 valence electrons. The number of carboxylic acid groups (broad SMARTS) is 1. The second-order valence-corrected chi connectivity index (χ2v) is 3.73. The molecule has 0 atom stereocenters. The molecular weight excluding hydrogens is 190 g/mol. The second-order valence-electron chi connectivity index (χ2n) is 2.79. The number of hydrogen-bond acceptors (Lipinski definition) is 4. The molecule has 1 N–H and O–H groups in total. The van der Waals surface area contributed by atoms with Crippen LogP contribution in [-0.4, -0.2) is 22.2 Å². The Labute approximate surface area is 80.2 Å². The lowest BCUT2D eigenvalue weighted by molar-refractivity contribution is 0.0646. The van der Waals surface area contributed by atoms with E-state index >= 15 is 0 Å². The van der Waals surface area contributed by atoms with Gasteiger partial charge in [0.05, 0.1) is 12.7 Å². The summed E-state index contributed by atoms with van der Waals surface area (Å²) in [7, 11) is 0. The predicted molar refractivity (Wildman–Crippen MR) is 49.0 cm³/mol. The summed E-state index contributed by atoms with van der Waals surface area (Å²) in [6.45, 7) is 4.23. The highest BCUT2D eigenvalue weighted by Gasteiger charge is 2.08. The van der Waals surface area contributed by atoms with Crippen LogP contribution in [0.25, 0.3) is 0 Å². The fourth-order valence-corrected chi connectivity index (χ4v) is 1.40. The molecule has 0 aromatic carbocycles. The van der Waals surface area contributed by atoms with Crippen LogP contribution in [0, 0.1) is 0 Å². The van der Waals surface area contributed by atoms with Crippen LogP contribution in [0.5, 0.6) is 0 Å². The van der Waals surface area contributed by atoms with Crippen LogP contribution >= 0.6 is 11.3 Å². The Morgan fingerprint density at radius 2 is 2.46 bits per heavy atom. The molecule has 0 bridgehead atoms. The molecule has 1 heterocycles. The first-order valence-corrected chi connectivity index (χ1v) is 4.77. The molecule has 5 heteroatoms. The number of hydrogen-bond donors (Lipinski definition) is 1. The molecule has 0 spiro atoms. The van der Waals surface area contributed by atoms with E-state index in [1.165, 1.54) is 16.7 Å². The monoisotopic (exact) mass is 201 g/mol. The Bertz CT molecular complexity index is 295. The molecule has 0 unspecified atom stereocenters. The summed E-state index contributed by atoms with van der Waals surface area (Å²) < 4.78 is 5.28. The average molecular weight is 201 g/mol. The molecule has 1 aromatic heterocycles. The molecular formula is C8H11NO3S. The Balaban J connectivity index is 2.54. The van der Waals surface area contributed by atoms with Gasteiger partial charge in [0.1, 0.15) is 5.01 Å². The molecule has 1 aromatic rings. The minimum absolute atomic E-state index is 0.0901. The van der Waals surface area contributed by atoms with Crippen molar-refractivity contribution in [1.29, 1.82) is 0 Å². The minimum atomic E-state index is -0.993. The van der Waals surface area contributed by atoms with Gasteiger partial charge in [-0.15, -0.1) is 11.3 Å². The SMILES string of the molecule is CC(C)OCc1nc(C(=O)O)cs1. The lowest BCUT2D eigenvalue weighted by Gasteiger charge is -2.03. The van der Waals surface area contributed by atoms with Crippen LogP contribution in [0.3, 0.4) is 0 Å². The lowest BCUT2D eigenvalue weighted by atomic mass is 10.5. The van der Waals surface area contributed by atoms with Gasteiger partial charge in [-0.1, -0.05) is 0 Å². The lowest BCUT2D eigenvalue weighted by Crippen LogP contribution is -2.03. The topological polar surface area (TPSA) is 59.4 Å². The van der Waals surface area contributed by atoms with Crippen molar-refractivity contribution >= 4 is 17.3 Å². The number of thiazole rings is 1. The zero-order valence-corrected chi connectivity index (χ0v) is 8.30. The third-order valence-electron chi connectivity index (χ3n) is 1.31. The largest absolute Gasteiger partial charge is 0.476 e. The van der Waals surface area contributed by atoms with Crippen molar-refractivity contribution in [3.63, 3.8) is 0 Å². The molecule has 0 aliphatic carbocycles. The molecule has 0 saturated carbocycles. The zero-order chi connectivity index (χ0) is 9.84. The molecule has 1 rings (SSSR count). The average Bonchev–Trinajstić information content (AvgIpc) is 2.48. The molecule has 4 nitrogen and oxygen atoms in total. The van der Waals surface area contributed by atoms with Gasteiger partial charge in [-0.05, 0) is 13.8 Å². The van der Waals surface area contributed by atoms with E-state index < -0.39 is 5.97 Å². The van der Waals surface area contributed by atoms with E-state index in [4.69, 9.17) is 9.84 Å². The van der Waals surface area contributed by atoms with E-state index in [9.17, 15) is 4.79 Å². The molecule has 0 radical (unpaired) electrons. The number of nitrogens with zero attached hydrogens (tertiary/aromatic N) is 1. The number of ether oxygens (including phenoxy) is 1. The third kappa shape index (κ3) is 3.12. The van der Waals surface area contributed by atoms with Gasteiger partial charge in [0.2, 0.25) is 0 Å². The highest BCUT2D eigenvalue weighted by Crippen LogP contribution is 2.11. The van der Waals surface area contributed by atoms with E-state index in [0.717, 1.165) is 0 Å². The van der Waals surface area contributed by atoms with Crippen molar-refractivity contribution in [2.24, 2.45) is 0 Å². The Hall–Kier alpha value is -0.940. The van der Waals surface area contributed by atoms with E-state index in [1.807, 2.05) is 13.8 Å². The van der Waals surface area contributed by atoms with Crippen molar-refractivity contribution in [3.05, 3.63) is 16.1 Å². The van der Waals surface area contributed by atoms with E-state index in [-0.39, 0.29) is 11.8 Å². The number of carbonyl (C=O) groups is 1. The van der Waals surface area contributed by atoms with Gasteiger partial charge in [-0.2, -0.15) is 0 Å². The highest BCUT2D eigenvalue weighted by molar-refractivity contribution is 7.09. The molecule has 0 saturated heterocycles. The van der Waals surface area contributed by atoms with Crippen molar-refractivity contribution in [1.82, 2.24) is 4.98 Å². The fraction of sp³-hybridized carbons (Fsp3) is 0.500. The predicted octanol–water partition coefficient (Wildman–Crippen LogP) is 1.77. The molecule has 0 aliphatic heterocycles. The maximum absolute atomic E-state index is 10.5. The Morgan fingerprint density at radius 3 is 2.92 bits per heavy atom. The van der Waals surface area contributed by atoms with Crippen LogP contribution in [0.15, 0.2) is 5.38 Å². The highest BCUT2D eigenvalue weighted by atomic mass is 32.1. The van der Waals surface area contributed by atoms with Crippen molar-refractivity contribution in [2.75, 3.05) is 0 Å². The van der Waals surface area contributed by atoms with Crippen LogP contribution in [0.1, 0.15) is 29.3 Å². The summed E-state index contributed by atoms with van der Waals surface area (Å²) in [4.78, 5) is 14.3. The first-order chi connectivity index (χ1) is 6.09.